The molecule has 2 atom stereocenters. The number of rotatable bonds is 5. The Bertz CT molecular complexity index is 453. The largest absolute Gasteiger partial charge is 0.329 e. The molecule has 1 heterocycles. The molecule has 0 spiro atoms. The van der Waals surface area contributed by atoms with Gasteiger partial charge in [0.15, 0.2) is 0 Å². The summed E-state index contributed by atoms with van der Waals surface area (Å²) in [6.45, 7) is 2.83. The second kappa shape index (κ2) is 7.23. The molecule has 0 bridgehead atoms. The van der Waals surface area contributed by atoms with Gasteiger partial charge in [0.05, 0.1) is 0 Å². The fraction of sp³-hybridized carbons (Fsp3) is 0.600. The molecule has 1 aliphatic rings. The molecule has 0 aliphatic carbocycles. The molecule has 1 saturated heterocycles. The Morgan fingerprint density at radius 1 is 1.50 bits per heavy atom. The topological polar surface area (TPSA) is 32.5 Å². The van der Waals surface area contributed by atoms with Gasteiger partial charge in [-0.25, -0.2) is 0 Å². The van der Waals surface area contributed by atoms with Gasteiger partial charge in [-0.1, -0.05) is 33.6 Å². The normalized spacial score (nSPS) is 21.6. The van der Waals surface area contributed by atoms with E-state index in [0.717, 1.165) is 22.6 Å². The van der Waals surface area contributed by atoms with E-state index in [2.05, 4.69) is 45.9 Å². The van der Waals surface area contributed by atoms with Gasteiger partial charge in [-0.15, -0.1) is 0 Å². The predicted octanol–water partition coefficient (Wildman–Crippen LogP) is 3.13. The third-order valence-electron chi connectivity index (χ3n) is 3.94. The zero-order chi connectivity index (χ0) is 14.7. The van der Waals surface area contributed by atoms with Gasteiger partial charge in [0.1, 0.15) is 0 Å². The zero-order valence-corrected chi connectivity index (χ0v) is 14.5. The Balaban J connectivity index is 2.22. The summed E-state index contributed by atoms with van der Waals surface area (Å²) in [6, 6.07) is 6.84. The number of nitrogens with zero attached hydrogens (tertiary/aromatic N) is 2. The summed E-state index contributed by atoms with van der Waals surface area (Å²) in [6.07, 6.45) is 2.50. The lowest BCUT2D eigenvalue weighted by Crippen LogP contribution is -2.42. The van der Waals surface area contributed by atoms with Gasteiger partial charge in [0.25, 0.3) is 0 Å². The molecule has 1 aromatic carbocycles. The molecule has 0 saturated carbocycles. The summed E-state index contributed by atoms with van der Waals surface area (Å²) in [5, 5.41) is 0.752. The van der Waals surface area contributed by atoms with Crippen LogP contribution in [-0.2, 0) is 0 Å². The van der Waals surface area contributed by atoms with Crippen LogP contribution in [0.3, 0.4) is 0 Å². The van der Waals surface area contributed by atoms with E-state index < -0.39 is 0 Å². The maximum absolute atomic E-state index is 6.08. The third-order valence-corrected chi connectivity index (χ3v) is 4.87. The quantitative estimate of drug-likeness (QED) is 0.875. The first-order valence-corrected chi connectivity index (χ1v) is 8.25. The van der Waals surface area contributed by atoms with E-state index in [0.29, 0.717) is 12.6 Å². The standard InChI is InChI=1S/C15H23BrClN3/c1-19(2)10-12-4-3-7-20(12)15(9-18)13-6-5-11(17)8-14(13)16/h5-6,8,12,15H,3-4,7,9-10,18H2,1-2H3. The first-order valence-electron chi connectivity index (χ1n) is 7.08. The number of hydrogen-bond donors (Lipinski definition) is 1. The van der Waals surface area contributed by atoms with E-state index in [-0.39, 0.29) is 6.04 Å². The Morgan fingerprint density at radius 2 is 2.25 bits per heavy atom. The molecule has 20 heavy (non-hydrogen) atoms. The molecule has 1 fully saturated rings. The minimum absolute atomic E-state index is 0.258. The molecular formula is C15H23BrClN3. The van der Waals surface area contributed by atoms with Crippen LogP contribution in [0.5, 0.6) is 0 Å². The van der Waals surface area contributed by atoms with Crippen LogP contribution in [0.25, 0.3) is 0 Å². The van der Waals surface area contributed by atoms with Crippen LogP contribution < -0.4 is 5.73 Å². The number of likely N-dealkylation sites (tertiary alicyclic amines) is 1. The molecule has 0 radical (unpaired) electrons. The molecule has 0 aromatic heterocycles. The molecule has 3 nitrogen and oxygen atoms in total. The number of nitrogens with two attached hydrogens (primary N) is 1. The van der Waals surface area contributed by atoms with Gasteiger partial charge < -0.3 is 10.6 Å². The second-order valence-electron chi connectivity index (χ2n) is 5.71. The zero-order valence-electron chi connectivity index (χ0n) is 12.1. The second-order valence-corrected chi connectivity index (χ2v) is 7.00. The van der Waals surface area contributed by atoms with Gasteiger partial charge >= 0.3 is 0 Å². The van der Waals surface area contributed by atoms with Crippen molar-refractivity contribution in [1.29, 1.82) is 0 Å². The average Bonchev–Trinajstić information content (AvgIpc) is 2.80. The van der Waals surface area contributed by atoms with Crippen molar-refractivity contribution in [2.45, 2.75) is 24.9 Å². The van der Waals surface area contributed by atoms with Crippen LogP contribution in [0.15, 0.2) is 22.7 Å². The molecule has 2 unspecified atom stereocenters. The molecular weight excluding hydrogens is 338 g/mol. The lowest BCUT2D eigenvalue weighted by Gasteiger charge is -2.34. The lowest BCUT2D eigenvalue weighted by molar-refractivity contribution is 0.155. The average molecular weight is 361 g/mol. The maximum atomic E-state index is 6.08. The van der Waals surface area contributed by atoms with Crippen molar-refractivity contribution >= 4 is 27.5 Å². The molecule has 112 valence electrons. The summed E-state index contributed by atoms with van der Waals surface area (Å²) in [4.78, 5) is 4.81. The van der Waals surface area contributed by atoms with Crippen molar-refractivity contribution in [1.82, 2.24) is 9.80 Å². The SMILES string of the molecule is CN(C)CC1CCCN1C(CN)c1ccc(Cl)cc1Br. The van der Waals surface area contributed by atoms with Crippen LogP contribution in [0.2, 0.25) is 5.02 Å². The smallest absolute Gasteiger partial charge is 0.0485 e. The van der Waals surface area contributed by atoms with Crippen molar-refractivity contribution in [2.24, 2.45) is 5.73 Å². The Morgan fingerprint density at radius 3 is 2.85 bits per heavy atom. The minimum Gasteiger partial charge on any atom is -0.329 e. The van der Waals surface area contributed by atoms with E-state index >= 15 is 0 Å². The summed E-state index contributed by atoms with van der Waals surface area (Å²) < 4.78 is 1.05. The summed E-state index contributed by atoms with van der Waals surface area (Å²) in [5.74, 6) is 0. The Labute approximate surface area is 135 Å². The predicted molar refractivity (Wildman–Crippen MR) is 89.2 cm³/mol. The molecule has 2 N–H and O–H groups in total. The van der Waals surface area contributed by atoms with Gasteiger partial charge in [-0.2, -0.15) is 0 Å². The number of halogens is 2. The van der Waals surface area contributed by atoms with Crippen LogP contribution in [0, 0.1) is 0 Å². The Hall–Kier alpha value is -0.130. The van der Waals surface area contributed by atoms with E-state index in [1.54, 1.807) is 0 Å². The molecule has 1 aromatic rings. The first kappa shape index (κ1) is 16.2. The van der Waals surface area contributed by atoms with Crippen molar-refractivity contribution in [3.05, 3.63) is 33.3 Å². The van der Waals surface area contributed by atoms with Gasteiger partial charge in [0.2, 0.25) is 0 Å². The molecule has 2 rings (SSSR count). The number of hydrogen-bond acceptors (Lipinski definition) is 3. The van der Waals surface area contributed by atoms with Crippen molar-refractivity contribution in [3.8, 4) is 0 Å². The first-order chi connectivity index (χ1) is 9.52. The van der Waals surface area contributed by atoms with Crippen molar-refractivity contribution in [3.63, 3.8) is 0 Å². The summed E-state index contributed by atoms with van der Waals surface area (Å²) in [5.41, 5.74) is 7.31. The third kappa shape index (κ3) is 3.74. The van der Waals surface area contributed by atoms with Gasteiger partial charge in [0, 0.05) is 34.7 Å². The van der Waals surface area contributed by atoms with E-state index in [9.17, 15) is 0 Å². The molecule has 1 aliphatic heterocycles. The molecule has 0 amide bonds. The Kier molecular flexibility index (Phi) is 5.87. The highest BCUT2D eigenvalue weighted by Crippen LogP contribution is 2.34. The van der Waals surface area contributed by atoms with Crippen molar-refractivity contribution < 1.29 is 0 Å². The fourth-order valence-electron chi connectivity index (χ4n) is 3.10. The van der Waals surface area contributed by atoms with Crippen LogP contribution in [0.4, 0.5) is 0 Å². The van der Waals surface area contributed by atoms with Crippen LogP contribution in [-0.4, -0.2) is 49.6 Å². The van der Waals surface area contributed by atoms with Gasteiger partial charge in [-0.05, 0) is 51.2 Å². The van der Waals surface area contributed by atoms with E-state index in [1.807, 2.05) is 12.1 Å². The highest BCUT2D eigenvalue weighted by molar-refractivity contribution is 9.10. The monoisotopic (exact) mass is 359 g/mol. The number of likely N-dealkylation sites (N-methyl/N-ethyl adjacent to an activating group) is 1. The minimum atomic E-state index is 0.258. The van der Waals surface area contributed by atoms with Crippen LogP contribution >= 0.6 is 27.5 Å². The summed E-state index contributed by atoms with van der Waals surface area (Å²) >= 11 is 9.67. The highest BCUT2D eigenvalue weighted by atomic mass is 79.9. The maximum Gasteiger partial charge on any atom is 0.0485 e. The van der Waals surface area contributed by atoms with Gasteiger partial charge in [-0.3, -0.25) is 4.90 Å². The number of benzene rings is 1. The summed E-state index contributed by atoms with van der Waals surface area (Å²) in [7, 11) is 4.26. The highest BCUT2D eigenvalue weighted by Gasteiger charge is 2.31. The molecule has 5 heteroatoms. The fourth-order valence-corrected chi connectivity index (χ4v) is 4.05. The van der Waals surface area contributed by atoms with E-state index in [4.69, 9.17) is 17.3 Å². The van der Waals surface area contributed by atoms with Crippen molar-refractivity contribution in [2.75, 3.05) is 33.7 Å². The lowest BCUT2D eigenvalue weighted by atomic mass is 10.0. The van der Waals surface area contributed by atoms with Crippen LogP contribution in [0.1, 0.15) is 24.4 Å². The van der Waals surface area contributed by atoms with E-state index in [1.165, 1.54) is 18.4 Å².